The van der Waals surface area contributed by atoms with Crippen LogP contribution in [-0.2, 0) is 4.79 Å². The van der Waals surface area contributed by atoms with Gasteiger partial charge in [-0.25, -0.2) is 4.39 Å². The third-order valence-corrected chi connectivity index (χ3v) is 5.45. The summed E-state index contributed by atoms with van der Waals surface area (Å²) in [7, 11) is 0. The number of nitrogens with one attached hydrogen (secondary N) is 2. The Morgan fingerprint density at radius 3 is 2.82 bits per heavy atom. The monoisotopic (exact) mass is 381 g/mol. The summed E-state index contributed by atoms with van der Waals surface area (Å²) in [5, 5.41) is 12.1. The number of anilines is 2. The Bertz CT molecular complexity index is 1030. The zero-order valence-electron chi connectivity index (χ0n) is 15.4. The molecule has 2 N–H and O–H groups in total. The Balaban J connectivity index is 1.85. The lowest BCUT2D eigenvalue weighted by atomic mass is 9.79. The zero-order chi connectivity index (χ0) is 19.8. The van der Waals surface area contributed by atoms with Crippen LogP contribution in [0.5, 0.6) is 0 Å². The number of carbonyl (C=O) groups excluding carboxylic acids is 1. The number of hydrogen-bond donors (Lipinski definition) is 2. The molecule has 0 bridgehead atoms. The molecule has 0 aliphatic carbocycles. The first-order valence-corrected chi connectivity index (χ1v) is 9.33. The topological polar surface area (TPSA) is 102 Å². The molecular formula is C20H20FN5O2. The third kappa shape index (κ3) is 3.03. The van der Waals surface area contributed by atoms with Crippen LogP contribution >= 0.6 is 0 Å². The van der Waals surface area contributed by atoms with Crippen molar-refractivity contribution in [2.45, 2.75) is 25.7 Å². The number of nitrogens with zero attached hydrogens (tertiary/aromatic N) is 3. The summed E-state index contributed by atoms with van der Waals surface area (Å²) in [4.78, 5) is 34.7. The van der Waals surface area contributed by atoms with Gasteiger partial charge in [-0.2, -0.15) is 10.2 Å². The number of H-pyrrole nitrogens is 1. The molecular weight excluding hydrogens is 361 g/mol. The van der Waals surface area contributed by atoms with Gasteiger partial charge in [-0.15, -0.1) is 0 Å². The molecule has 2 aromatic rings. The number of piperidine rings is 1. The van der Waals surface area contributed by atoms with Gasteiger partial charge in [0.05, 0.1) is 11.6 Å². The minimum absolute atomic E-state index is 0.0988. The van der Waals surface area contributed by atoms with Crippen LogP contribution in [0.2, 0.25) is 0 Å². The number of nitriles is 1. The number of aromatic amines is 1. The van der Waals surface area contributed by atoms with E-state index in [0.717, 1.165) is 25.9 Å². The van der Waals surface area contributed by atoms with Gasteiger partial charge in [-0.05, 0) is 30.4 Å². The van der Waals surface area contributed by atoms with E-state index in [1.54, 1.807) is 6.07 Å². The molecule has 0 radical (unpaired) electrons. The number of fused-ring (bicyclic) bond motifs is 1. The van der Waals surface area contributed by atoms with Crippen molar-refractivity contribution in [1.82, 2.24) is 9.97 Å². The predicted octanol–water partition coefficient (Wildman–Crippen LogP) is 2.37. The molecule has 3 atom stereocenters. The highest BCUT2D eigenvalue weighted by Gasteiger charge is 2.41. The largest absolute Gasteiger partial charge is 0.342 e. The summed E-state index contributed by atoms with van der Waals surface area (Å²) < 4.78 is 14.5. The fourth-order valence-electron chi connectivity index (χ4n) is 4.09. The molecule has 3 heterocycles. The van der Waals surface area contributed by atoms with E-state index in [9.17, 15) is 19.2 Å². The first kappa shape index (κ1) is 18.2. The van der Waals surface area contributed by atoms with Crippen LogP contribution in [0.15, 0.2) is 29.1 Å². The van der Waals surface area contributed by atoms with Crippen molar-refractivity contribution >= 4 is 17.7 Å². The van der Waals surface area contributed by atoms with E-state index in [-0.39, 0.29) is 16.9 Å². The molecule has 1 fully saturated rings. The van der Waals surface area contributed by atoms with E-state index in [0.29, 0.717) is 11.9 Å². The van der Waals surface area contributed by atoms with Crippen LogP contribution in [-0.4, -0.2) is 29.0 Å². The summed E-state index contributed by atoms with van der Waals surface area (Å²) in [6.07, 6.45) is 2.10. The van der Waals surface area contributed by atoms with Crippen LogP contribution in [0.4, 0.5) is 16.2 Å². The van der Waals surface area contributed by atoms with Crippen molar-refractivity contribution in [3.05, 3.63) is 51.6 Å². The number of amides is 1. The highest BCUT2D eigenvalue weighted by Crippen LogP contribution is 2.39. The van der Waals surface area contributed by atoms with Crippen LogP contribution in [0.3, 0.4) is 0 Å². The Labute approximate surface area is 161 Å². The molecule has 8 heteroatoms. The lowest BCUT2D eigenvalue weighted by Gasteiger charge is -2.33. The van der Waals surface area contributed by atoms with Crippen LogP contribution in [0.1, 0.15) is 36.8 Å². The van der Waals surface area contributed by atoms with Crippen molar-refractivity contribution in [2.24, 2.45) is 11.8 Å². The fraction of sp³-hybridized carbons (Fsp3) is 0.400. The van der Waals surface area contributed by atoms with Crippen molar-refractivity contribution < 1.29 is 9.18 Å². The highest BCUT2D eigenvalue weighted by molar-refractivity contribution is 5.98. The van der Waals surface area contributed by atoms with Crippen LogP contribution in [0.25, 0.3) is 0 Å². The van der Waals surface area contributed by atoms with E-state index in [2.05, 4.69) is 22.2 Å². The summed E-state index contributed by atoms with van der Waals surface area (Å²) in [5.41, 5.74) is -0.214. The van der Waals surface area contributed by atoms with Crippen molar-refractivity contribution in [3.8, 4) is 6.07 Å². The van der Waals surface area contributed by atoms with Gasteiger partial charge >= 0.3 is 0 Å². The van der Waals surface area contributed by atoms with Gasteiger partial charge < -0.3 is 10.2 Å². The Morgan fingerprint density at radius 2 is 2.11 bits per heavy atom. The van der Waals surface area contributed by atoms with Gasteiger partial charge in [0.1, 0.15) is 17.6 Å². The first-order valence-electron chi connectivity index (χ1n) is 9.33. The Morgan fingerprint density at radius 1 is 1.32 bits per heavy atom. The maximum Gasteiger partial charge on any atom is 0.258 e. The van der Waals surface area contributed by atoms with Gasteiger partial charge in [-0.1, -0.05) is 25.1 Å². The molecule has 2 aliphatic rings. The third-order valence-electron chi connectivity index (χ3n) is 5.45. The quantitative estimate of drug-likeness (QED) is 0.832. The number of halogens is 1. The number of hydrogen-bond acceptors (Lipinski definition) is 5. The van der Waals surface area contributed by atoms with Gasteiger partial charge in [0.2, 0.25) is 11.9 Å². The number of rotatable bonds is 2. The molecule has 1 aromatic heterocycles. The molecule has 7 nitrogen and oxygen atoms in total. The van der Waals surface area contributed by atoms with E-state index in [4.69, 9.17) is 0 Å². The molecule has 0 spiro atoms. The minimum Gasteiger partial charge on any atom is -0.342 e. The second-order valence-electron chi connectivity index (χ2n) is 7.44. The summed E-state index contributed by atoms with van der Waals surface area (Å²) >= 11 is 0. The molecule has 2 aliphatic heterocycles. The number of aromatic nitrogens is 2. The lowest BCUT2D eigenvalue weighted by Crippen LogP contribution is -2.41. The van der Waals surface area contributed by atoms with Crippen LogP contribution < -0.4 is 15.8 Å². The summed E-state index contributed by atoms with van der Waals surface area (Å²) in [6.45, 7) is 3.65. The second kappa shape index (κ2) is 7.08. The number of benzene rings is 1. The minimum atomic E-state index is -1.21. The van der Waals surface area contributed by atoms with E-state index < -0.39 is 29.1 Å². The van der Waals surface area contributed by atoms with E-state index >= 15 is 0 Å². The Kier molecular flexibility index (Phi) is 4.59. The molecule has 144 valence electrons. The van der Waals surface area contributed by atoms with Gasteiger partial charge in [-0.3, -0.25) is 14.6 Å². The molecule has 1 saturated heterocycles. The van der Waals surface area contributed by atoms with Gasteiger partial charge in [0.25, 0.3) is 5.56 Å². The van der Waals surface area contributed by atoms with Crippen molar-refractivity contribution in [2.75, 3.05) is 23.3 Å². The average Bonchev–Trinajstić information content (AvgIpc) is 2.67. The molecule has 1 amide bonds. The first-order chi connectivity index (χ1) is 13.5. The SMILES string of the molecule is C[C@@H]1CCCN(c2nc3c(c(=O)[nH]2)[C@@H](c2ccccc2F)[C@@H](C#N)C(=O)N3)C1. The lowest BCUT2D eigenvalue weighted by molar-refractivity contribution is -0.119. The molecule has 28 heavy (non-hydrogen) atoms. The Hall–Kier alpha value is -3.21. The molecule has 0 saturated carbocycles. The number of carbonyl (C=O) groups is 1. The summed E-state index contributed by atoms with van der Waals surface area (Å²) in [6, 6.07) is 7.79. The van der Waals surface area contributed by atoms with Crippen molar-refractivity contribution in [3.63, 3.8) is 0 Å². The average molecular weight is 381 g/mol. The standard InChI is InChI=1S/C20H20FN5O2/c1-11-5-4-8-26(10-11)20-24-17-16(19(28)25-20)15(13(9-22)18(27)23-17)12-6-2-3-7-14(12)21/h2-3,6-7,11,13,15H,4-5,8,10H2,1H3,(H2,23,24,25,27,28)/t11-,13-,15+/m1/s1. The maximum atomic E-state index is 14.5. The van der Waals surface area contributed by atoms with E-state index in [1.165, 1.54) is 18.2 Å². The second-order valence-corrected chi connectivity index (χ2v) is 7.44. The molecule has 0 unspecified atom stereocenters. The predicted molar refractivity (Wildman–Crippen MR) is 101 cm³/mol. The molecule has 4 rings (SSSR count). The fourth-order valence-corrected chi connectivity index (χ4v) is 4.09. The van der Waals surface area contributed by atoms with Crippen LogP contribution in [0, 0.1) is 29.0 Å². The maximum absolute atomic E-state index is 14.5. The molecule has 1 aromatic carbocycles. The van der Waals surface area contributed by atoms with Crippen molar-refractivity contribution in [1.29, 1.82) is 5.26 Å². The normalized spacial score (nSPS) is 24.2. The smallest absolute Gasteiger partial charge is 0.258 e. The zero-order valence-corrected chi connectivity index (χ0v) is 15.4. The summed E-state index contributed by atoms with van der Waals surface area (Å²) in [5.74, 6) is -2.42. The van der Waals surface area contributed by atoms with Gasteiger partial charge in [0.15, 0.2) is 0 Å². The highest BCUT2D eigenvalue weighted by atomic mass is 19.1. The van der Waals surface area contributed by atoms with Gasteiger partial charge in [0, 0.05) is 19.0 Å². The van der Waals surface area contributed by atoms with E-state index in [1.807, 2.05) is 11.0 Å².